The highest BCUT2D eigenvalue weighted by molar-refractivity contribution is 5.92. The minimum atomic E-state index is -0.291. The number of carbonyl (C=O) groups is 1. The van der Waals surface area contributed by atoms with Crippen LogP contribution in [0.3, 0.4) is 0 Å². The van der Waals surface area contributed by atoms with Gasteiger partial charge >= 0.3 is 5.97 Å². The summed E-state index contributed by atoms with van der Waals surface area (Å²) in [6.45, 7) is 6.22. The molecule has 1 aromatic carbocycles. The number of nitrogens with two attached hydrogens (primary N) is 1. The average Bonchev–Trinajstić information content (AvgIpc) is 2.20. The third-order valence-corrected chi connectivity index (χ3v) is 2.27. The van der Waals surface area contributed by atoms with Crippen LogP contribution >= 0.6 is 0 Å². The predicted octanol–water partition coefficient (Wildman–Crippen LogP) is 2.45. The van der Waals surface area contributed by atoms with Crippen molar-refractivity contribution in [3.05, 3.63) is 28.8 Å². The fourth-order valence-corrected chi connectivity index (χ4v) is 1.36. The van der Waals surface area contributed by atoms with Gasteiger partial charge in [-0.2, -0.15) is 0 Å². The zero-order valence-electron chi connectivity index (χ0n) is 9.46. The summed E-state index contributed by atoms with van der Waals surface area (Å²) in [4.78, 5) is 11.6. The molecule has 15 heavy (non-hydrogen) atoms. The maximum Gasteiger partial charge on any atom is 0.338 e. The van der Waals surface area contributed by atoms with Gasteiger partial charge in [-0.1, -0.05) is 13.0 Å². The summed E-state index contributed by atoms with van der Waals surface area (Å²) in [5.74, 6) is -0.291. The molecule has 0 bridgehead atoms. The number of anilines is 1. The van der Waals surface area contributed by atoms with Crippen molar-refractivity contribution < 1.29 is 9.53 Å². The molecular weight excluding hydrogens is 190 g/mol. The number of esters is 1. The second kappa shape index (κ2) is 4.82. The standard InChI is InChI=1S/C12H17NO2/c1-4-5-15-12(14)10-7-11(13)9(3)6-8(10)2/h6-7H,4-5,13H2,1-3H3. The predicted molar refractivity (Wildman–Crippen MR) is 60.9 cm³/mol. The number of benzene rings is 1. The van der Waals surface area contributed by atoms with E-state index in [1.165, 1.54) is 0 Å². The molecule has 0 aliphatic carbocycles. The minimum absolute atomic E-state index is 0.291. The molecule has 0 radical (unpaired) electrons. The summed E-state index contributed by atoms with van der Waals surface area (Å²) in [7, 11) is 0. The Morgan fingerprint density at radius 1 is 1.33 bits per heavy atom. The highest BCUT2D eigenvalue weighted by Crippen LogP contribution is 2.18. The largest absolute Gasteiger partial charge is 0.462 e. The Kier molecular flexibility index (Phi) is 3.72. The van der Waals surface area contributed by atoms with E-state index in [2.05, 4.69) is 0 Å². The van der Waals surface area contributed by atoms with E-state index < -0.39 is 0 Å². The quantitative estimate of drug-likeness (QED) is 0.612. The van der Waals surface area contributed by atoms with Crippen molar-refractivity contribution in [1.29, 1.82) is 0 Å². The summed E-state index contributed by atoms with van der Waals surface area (Å²) in [5, 5.41) is 0. The van der Waals surface area contributed by atoms with Gasteiger partial charge in [0.1, 0.15) is 0 Å². The number of rotatable bonds is 3. The number of aryl methyl sites for hydroxylation is 2. The molecular formula is C12H17NO2. The number of hydrogen-bond acceptors (Lipinski definition) is 3. The van der Waals surface area contributed by atoms with Crippen molar-refractivity contribution in [3.8, 4) is 0 Å². The van der Waals surface area contributed by atoms with Crippen LogP contribution in [0.15, 0.2) is 12.1 Å². The molecule has 0 unspecified atom stereocenters. The summed E-state index contributed by atoms with van der Waals surface area (Å²) in [6.07, 6.45) is 0.826. The van der Waals surface area contributed by atoms with Gasteiger partial charge in [0.15, 0.2) is 0 Å². The van der Waals surface area contributed by atoms with Gasteiger partial charge in [0.2, 0.25) is 0 Å². The third-order valence-electron chi connectivity index (χ3n) is 2.27. The molecule has 0 aliphatic rings. The third kappa shape index (κ3) is 2.72. The lowest BCUT2D eigenvalue weighted by Gasteiger charge is -2.09. The summed E-state index contributed by atoms with van der Waals surface area (Å²) < 4.78 is 5.06. The van der Waals surface area contributed by atoms with Crippen LogP contribution in [0.4, 0.5) is 5.69 Å². The van der Waals surface area contributed by atoms with Crippen LogP contribution in [0, 0.1) is 13.8 Å². The maximum absolute atomic E-state index is 11.6. The van der Waals surface area contributed by atoms with Gasteiger partial charge in [0, 0.05) is 5.69 Å². The van der Waals surface area contributed by atoms with E-state index in [1.807, 2.05) is 26.8 Å². The number of carbonyl (C=O) groups excluding carboxylic acids is 1. The van der Waals surface area contributed by atoms with Crippen LogP contribution in [0.1, 0.15) is 34.8 Å². The summed E-state index contributed by atoms with van der Waals surface area (Å²) >= 11 is 0. The van der Waals surface area contributed by atoms with E-state index >= 15 is 0 Å². The number of ether oxygens (including phenoxy) is 1. The van der Waals surface area contributed by atoms with Crippen LogP contribution in [0.2, 0.25) is 0 Å². The molecule has 1 aromatic rings. The highest BCUT2D eigenvalue weighted by atomic mass is 16.5. The van der Waals surface area contributed by atoms with E-state index in [0.29, 0.717) is 17.9 Å². The second-order valence-corrected chi connectivity index (χ2v) is 3.66. The maximum atomic E-state index is 11.6. The minimum Gasteiger partial charge on any atom is -0.462 e. The van der Waals surface area contributed by atoms with Crippen LogP contribution in [0.25, 0.3) is 0 Å². The Morgan fingerprint density at radius 2 is 2.00 bits per heavy atom. The van der Waals surface area contributed by atoms with Gasteiger partial charge in [0.25, 0.3) is 0 Å². The molecule has 3 nitrogen and oxygen atoms in total. The van der Waals surface area contributed by atoms with E-state index in [1.54, 1.807) is 6.07 Å². The average molecular weight is 207 g/mol. The van der Waals surface area contributed by atoms with E-state index in [0.717, 1.165) is 17.5 Å². The molecule has 0 heterocycles. The Morgan fingerprint density at radius 3 is 2.60 bits per heavy atom. The zero-order chi connectivity index (χ0) is 11.4. The first-order valence-electron chi connectivity index (χ1n) is 5.10. The Labute approximate surface area is 90.2 Å². The zero-order valence-corrected chi connectivity index (χ0v) is 9.46. The lowest BCUT2D eigenvalue weighted by molar-refractivity contribution is 0.0504. The normalized spacial score (nSPS) is 10.1. The Hall–Kier alpha value is -1.51. The van der Waals surface area contributed by atoms with Gasteiger partial charge in [0.05, 0.1) is 12.2 Å². The molecule has 0 aliphatic heterocycles. The number of hydrogen-bond donors (Lipinski definition) is 1. The van der Waals surface area contributed by atoms with Crippen LogP contribution < -0.4 is 5.73 Å². The van der Waals surface area contributed by atoms with Crippen LogP contribution in [-0.4, -0.2) is 12.6 Å². The topological polar surface area (TPSA) is 52.3 Å². The van der Waals surface area contributed by atoms with Gasteiger partial charge in [-0.3, -0.25) is 0 Å². The second-order valence-electron chi connectivity index (χ2n) is 3.66. The van der Waals surface area contributed by atoms with E-state index in [9.17, 15) is 4.79 Å². The lowest BCUT2D eigenvalue weighted by atomic mass is 10.0. The summed E-state index contributed by atoms with van der Waals surface area (Å²) in [6, 6.07) is 3.58. The molecule has 82 valence electrons. The molecule has 0 fully saturated rings. The van der Waals surface area contributed by atoms with Crippen LogP contribution in [-0.2, 0) is 4.74 Å². The molecule has 0 saturated heterocycles. The first-order chi connectivity index (χ1) is 7.06. The summed E-state index contributed by atoms with van der Waals surface area (Å²) in [5.41, 5.74) is 8.83. The van der Waals surface area contributed by atoms with E-state index in [4.69, 9.17) is 10.5 Å². The van der Waals surface area contributed by atoms with Crippen LogP contribution in [0.5, 0.6) is 0 Å². The van der Waals surface area contributed by atoms with E-state index in [-0.39, 0.29) is 5.97 Å². The first-order valence-corrected chi connectivity index (χ1v) is 5.10. The van der Waals surface area contributed by atoms with Gasteiger partial charge in [-0.05, 0) is 37.5 Å². The van der Waals surface area contributed by atoms with Crippen molar-refractivity contribution in [2.45, 2.75) is 27.2 Å². The fraction of sp³-hybridized carbons (Fsp3) is 0.417. The Bertz CT molecular complexity index is 372. The van der Waals surface area contributed by atoms with Crippen molar-refractivity contribution in [2.24, 2.45) is 0 Å². The fourth-order valence-electron chi connectivity index (χ4n) is 1.36. The Balaban J connectivity index is 2.94. The molecule has 3 heteroatoms. The lowest BCUT2D eigenvalue weighted by Crippen LogP contribution is -2.09. The van der Waals surface area contributed by atoms with Gasteiger partial charge in [-0.15, -0.1) is 0 Å². The number of nitrogen functional groups attached to an aromatic ring is 1. The highest BCUT2D eigenvalue weighted by Gasteiger charge is 2.11. The van der Waals surface area contributed by atoms with Crippen molar-refractivity contribution >= 4 is 11.7 Å². The van der Waals surface area contributed by atoms with Crippen molar-refractivity contribution in [1.82, 2.24) is 0 Å². The van der Waals surface area contributed by atoms with Gasteiger partial charge < -0.3 is 10.5 Å². The molecule has 0 aromatic heterocycles. The molecule has 0 spiro atoms. The molecule has 2 N–H and O–H groups in total. The molecule has 1 rings (SSSR count). The van der Waals surface area contributed by atoms with Crippen molar-refractivity contribution in [3.63, 3.8) is 0 Å². The molecule has 0 atom stereocenters. The monoisotopic (exact) mass is 207 g/mol. The smallest absolute Gasteiger partial charge is 0.338 e. The first kappa shape index (κ1) is 11.6. The SMILES string of the molecule is CCCOC(=O)c1cc(N)c(C)cc1C. The molecule has 0 saturated carbocycles. The molecule has 0 amide bonds. The van der Waals surface area contributed by atoms with Crippen molar-refractivity contribution in [2.75, 3.05) is 12.3 Å². The van der Waals surface area contributed by atoms with Gasteiger partial charge in [-0.25, -0.2) is 4.79 Å².